The summed E-state index contributed by atoms with van der Waals surface area (Å²) in [6.07, 6.45) is 24.8. The number of carbonyl (C=O) groups excluding carboxylic acids is 2. The molecule has 0 saturated heterocycles. The van der Waals surface area contributed by atoms with Crippen LogP contribution < -0.4 is 10.6 Å². The predicted molar refractivity (Wildman–Crippen MR) is 162 cm³/mol. The first-order valence-electron chi connectivity index (χ1n) is 16.5. The normalized spacial score (nSPS) is 14.6. The summed E-state index contributed by atoms with van der Waals surface area (Å²) in [4.78, 5) is 26.3. The summed E-state index contributed by atoms with van der Waals surface area (Å²) in [7, 11) is 0. The number of rotatable bonds is 26. The first-order valence-corrected chi connectivity index (χ1v) is 16.5. The smallest absolute Gasteiger partial charge is 0.223 e. The van der Waals surface area contributed by atoms with Crippen LogP contribution in [0.1, 0.15) is 176 Å². The molecule has 4 heteroatoms. The number of carbonyl (C=O) groups is 2. The Hall–Kier alpha value is -1.06. The fraction of sp³-hybridized carbons (Fsp3) is 0.939. The highest BCUT2D eigenvalue weighted by Gasteiger charge is 2.25. The summed E-state index contributed by atoms with van der Waals surface area (Å²) in [5, 5.41) is 6.63. The van der Waals surface area contributed by atoms with Gasteiger partial charge in [-0.3, -0.25) is 9.59 Å². The molecule has 0 aliphatic rings. The van der Waals surface area contributed by atoms with Crippen molar-refractivity contribution in [1.29, 1.82) is 0 Å². The van der Waals surface area contributed by atoms with Gasteiger partial charge in [-0.1, -0.05) is 144 Å². The van der Waals surface area contributed by atoms with Crippen molar-refractivity contribution in [2.45, 2.75) is 188 Å². The van der Waals surface area contributed by atoms with Gasteiger partial charge in [0.25, 0.3) is 0 Å². The Morgan fingerprint density at radius 1 is 0.486 bits per heavy atom. The Kier molecular flexibility index (Phi) is 24.5. The second-order valence-electron chi connectivity index (χ2n) is 11.8. The minimum Gasteiger partial charge on any atom is -0.351 e. The molecule has 0 bridgehead atoms. The number of unbranched alkanes of at least 4 members (excludes halogenated alkanes) is 13. The number of hydrogen-bond donors (Lipinski definition) is 2. The SMILES string of the molecule is CCCCCCCCC(C)C(=O)NC(CCC)C(C)NC(=O)C(CCCCCC)CCCCCCCC. The van der Waals surface area contributed by atoms with E-state index < -0.39 is 0 Å². The molecule has 37 heavy (non-hydrogen) atoms. The van der Waals surface area contributed by atoms with Gasteiger partial charge in [0, 0.05) is 23.9 Å². The second kappa shape index (κ2) is 25.2. The van der Waals surface area contributed by atoms with E-state index in [0.29, 0.717) is 0 Å². The lowest BCUT2D eigenvalue weighted by Gasteiger charge is -2.29. The van der Waals surface area contributed by atoms with Gasteiger partial charge in [-0.2, -0.15) is 0 Å². The molecule has 4 unspecified atom stereocenters. The fourth-order valence-electron chi connectivity index (χ4n) is 5.28. The maximum atomic E-state index is 13.3. The molecule has 0 spiro atoms. The molecule has 0 aromatic rings. The second-order valence-corrected chi connectivity index (χ2v) is 11.8. The zero-order valence-electron chi connectivity index (χ0n) is 26.0. The molecule has 0 aromatic heterocycles. The zero-order valence-corrected chi connectivity index (χ0v) is 26.0. The topological polar surface area (TPSA) is 58.2 Å². The van der Waals surface area contributed by atoms with Crippen LogP contribution in [0.3, 0.4) is 0 Å². The van der Waals surface area contributed by atoms with Crippen molar-refractivity contribution >= 4 is 11.8 Å². The van der Waals surface area contributed by atoms with Crippen molar-refractivity contribution < 1.29 is 9.59 Å². The number of hydrogen-bond acceptors (Lipinski definition) is 2. The molecule has 4 atom stereocenters. The fourth-order valence-corrected chi connectivity index (χ4v) is 5.28. The first kappa shape index (κ1) is 35.9. The molecule has 0 saturated carbocycles. The van der Waals surface area contributed by atoms with Gasteiger partial charge < -0.3 is 10.6 Å². The first-order chi connectivity index (χ1) is 17.9. The Labute approximate surface area is 232 Å². The van der Waals surface area contributed by atoms with E-state index in [1.807, 2.05) is 0 Å². The molecular formula is C33H66N2O2. The van der Waals surface area contributed by atoms with Crippen LogP contribution in [0.25, 0.3) is 0 Å². The van der Waals surface area contributed by atoms with Crippen LogP contribution in [-0.2, 0) is 9.59 Å². The monoisotopic (exact) mass is 523 g/mol. The molecule has 2 amide bonds. The van der Waals surface area contributed by atoms with Gasteiger partial charge in [-0.15, -0.1) is 0 Å². The molecule has 0 radical (unpaired) electrons. The van der Waals surface area contributed by atoms with E-state index in [0.717, 1.165) is 51.4 Å². The van der Waals surface area contributed by atoms with Crippen molar-refractivity contribution in [1.82, 2.24) is 10.6 Å². The van der Waals surface area contributed by atoms with E-state index >= 15 is 0 Å². The summed E-state index contributed by atoms with van der Waals surface area (Å²) in [6, 6.07) is -0.0384. The van der Waals surface area contributed by atoms with Crippen molar-refractivity contribution in [2.24, 2.45) is 11.8 Å². The lowest BCUT2D eigenvalue weighted by molar-refractivity contribution is -0.128. The van der Waals surface area contributed by atoms with Crippen LogP contribution in [0.15, 0.2) is 0 Å². The molecule has 4 nitrogen and oxygen atoms in total. The molecule has 0 heterocycles. The summed E-state index contributed by atoms with van der Waals surface area (Å²) in [5.41, 5.74) is 0. The third-order valence-electron chi connectivity index (χ3n) is 8.02. The van der Waals surface area contributed by atoms with Crippen LogP contribution >= 0.6 is 0 Å². The Morgan fingerprint density at radius 3 is 1.41 bits per heavy atom. The lowest BCUT2D eigenvalue weighted by atomic mass is 9.92. The third-order valence-corrected chi connectivity index (χ3v) is 8.02. The summed E-state index contributed by atoms with van der Waals surface area (Å²) in [5.74, 6) is 0.492. The van der Waals surface area contributed by atoms with Gasteiger partial charge in [-0.05, 0) is 32.6 Å². The summed E-state index contributed by atoms with van der Waals surface area (Å²) >= 11 is 0. The number of nitrogens with one attached hydrogen (secondary N) is 2. The van der Waals surface area contributed by atoms with Crippen molar-refractivity contribution in [3.63, 3.8) is 0 Å². The quantitative estimate of drug-likeness (QED) is 0.111. The van der Waals surface area contributed by atoms with Crippen LogP contribution in [0.2, 0.25) is 0 Å². The minimum absolute atomic E-state index is 0.00300. The molecule has 0 aliphatic carbocycles. The molecular weight excluding hydrogens is 456 g/mol. The zero-order chi connectivity index (χ0) is 27.7. The van der Waals surface area contributed by atoms with Crippen LogP contribution in [0.5, 0.6) is 0 Å². The van der Waals surface area contributed by atoms with Crippen LogP contribution in [0.4, 0.5) is 0 Å². The Bertz CT molecular complexity index is 536. The van der Waals surface area contributed by atoms with Gasteiger partial charge in [0.15, 0.2) is 0 Å². The Balaban J connectivity index is 4.77. The highest BCUT2D eigenvalue weighted by molar-refractivity contribution is 5.80. The van der Waals surface area contributed by atoms with Gasteiger partial charge in [0.2, 0.25) is 11.8 Å². The predicted octanol–water partition coefficient (Wildman–Crippen LogP) is 9.50. The molecule has 220 valence electrons. The molecule has 0 aliphatic heterocycles. The van der Waals surface area contributed by atoms with Crippen molar-refractivity contribution in [3.8, 4) is 0 Å². The minimum atomic E-state index is -0.0414. The van der Waals surface area contributed by atoms with Crippen molar-refractivity contribution in [2.75, 3.05) is 0 Å². The van der Waals surface area contributed by atoms with Crippen LogP contribution in [-0.4, -0.2) is 23.9 Å². The maximum absolute atomic E-state index is 13.3. The maximum Gasteiger partial charge on any atom is 0.223 e. The van der Waals surface area contributed by atoms with E-state index in [9.17, 15) is 9.59 Å². The van der Waals surface area contributed by atoms with E-state index in [1.165, 1.54) is 83.5 Å². The van der Waals surface area contributed by atoms with Gasteiger partial charge in [0.05, 0.1) is 0 Å². The largest absolute Gasteiger partial charge is 0.351 e. The Morgan fingerprint density at radius 2 is 0.919 bits per heavy atom. The van der Waals surface area contributed by atoms with Gasteiger partial charge >= 0.3 is 0 Å². The highest BCUT2D eigenvalue weighted by Crippen LogP contribution is 2.20. The van der Waals surface area contributed by atoms with Gasteiger partial charge in [-0.25, -0.2) is 0 Å². The average molecular weight is 523 g/mol. The standard InChI is InChI=1S/C33H66N2O2/c1-7-11-14-17-19-21-25-28(5)32(36)35-31(24-10-4)29(6)34-33(37)30(26-22-16-13-9-3)27-23-20-18-15-12-8-2/h28-31H,7-27H2,1-6H3,(H,34,37)(H,35,36). The van der Waals surface area contributed by atoms with E-state index in [-0.39, 0.29) is 35.7 Å². The summed E-state index contributed by atoms with van der Waals surface area (Å²) < 4.78 is 0. The lowest BCUT2D eigenvalue weighted by Crippen LogP contribution is -2.52. The number of amides is 2. The van der Waals surface area contributed by atoms with E-state index in [4.69, 9.17) is 0 Å². The molecule has 2 N–H and O–H groups in total. The third kappa shape index (κ3) is 19.6. The average Bonchev–Trinajstić information content (AvgIpc) is 2.88. The van der Waals surface area contributed by atoms with E-state index in [2.05, 4.69) is 52.2 Å². The van der Waals surface area contributed by atoms with Crippen molar-refractivity contribution in [3.05, 3.63) is 0 Å². The van der Waals surface area contributed by atoms with E-state index in [1.54, 1.807) is 0 Å². The van der Waals surface area contributed by atoms with Gasteiger partial charge in [0.1, 0.15) is 0 Å². The highest BCUT2D eigenvalue weighted by atomic mass is 16.2. The molecule has 0 rings (SSSR count). The summed E-state index contributed by atoms with van der Waals surface area (Å²) in [6.45, 7) is 13.0. The molecule has 0 fully saturated rings. The van der Waals surface area contributed by atoms with Crippen LogP contribution in [0, 0.1) is 11.8 Å². The molecule has 0 aromatic carbocycles.